The largest absolute Gasteiger partial charge is 0.379 e. The lowest BCUT2D eigenvalue weighted by atomic mass is 10.1. The average molecular weight is 279 g/mol. The number of nitrogens with zero attached hydrogens (tertiary/aromatic N) is 2. The van der Waals surface area contributed by atoms with E-state index in [4.69, 9.17) is 4.74 Å². The van der Waals surface area contributed by atoms with E-state index in [0.717, 1.165) is 37.8 Å². The predicted molar refractivity (Wildman–Crippen MR) is 80.4 cm³/mol. The third-order valence-corrected chi connectivity index (χ3v) is 3.69. The maximum atomic E-state index is 5.49. The number of anilines is 1. The van der Waals surface area contributed by atoms with E-state index >= 15 is 0 Å². The predicted octanol–water partition coefficient (Wildman–Crippen LogP) is 1.38. The molecule has 1 saturated heterocycles. The van der Waals surface area contributed by atoms with Crippen LogP contribution in [0.15, 0.2) is 24.2 Å². The van der Waals surface area contributed by atoms with Gasteiger partial charge in [-0.25, -0.2) is 0 Å². The molecule has 6 heteroatoms. The van der Waals surface area contributed by atoms with E-state index in [-0.39, 0.29) is 0 Å². The van der Waals surface area contributed by atoms with E-state index in [1.165, 1.54) is 0 Å². The summed E-state index contributed by atoms with van der Waals surface area (Å²) in [4.78, 5) is 2.50. The Balaban J connectivity index is 1.88. The normalized spacial score (nSPS) is 22.6. The van der Waals surface area contributed by atoms with Crippen LogP contribution in [0.25, 0.3) is 0 Å². The summed E-state index contributed by atoms with van der Waals surface area (Å²) < 4.78 is 5.49. The lowest BCUT2D eigenvalue weighted by Gasteiger charge is -2.37. The van der Waals surface area contributed by atoms with Crippen molar-refractivity contribution in [2.24, 2.45) is 0 Å². The summed E-state index contributed by atoms with van der Waals surface area (Å²) in [6.45, 7) is 7.17. The average Bonchev–Trinajstić information content (AvgIpc) is 2.96. The quantitative estimate of drug-likeness (QED) is 0.734. The second-order valence-electron chi connectivity index (χ2n) is 5.21. The number of ether oxygens (including phenoxy) is 1. The van der Waals surface area contributed by atoms with Crippen LogP contribution in [0.1, 0.15) is 20.3 Å². The molecule has 0 radical (unpaired) electrons. The number of H-pyrrole nitrogens is 1. The van der Waals surface area contributed by atoms with Gasteiger partial charge in [-0.15, -0.1) is 0 Å². The highest BCUT2D eigenvalue weighted by Crippen LogP contribution is 2.14. The number of hydrogen-bond acceptors (Lipinski definition) is 5. The Kier molecular flexibility index (Phi) is 5.43. The molecule has 2 rings (SSSR count). The van der Waals surface area contributed by atoms with Gasteiger partial charge < -0.3 is 15.4 Å². The van der Waals surface area contributed by atoms with Crippen LogP contribution >= 0.6 is 0 Å². The van der Waals surface area contributed by atoms with Crippen molar-refractivity contribution in [3.05, 3.63) is 24.2 Å². The molecule has 1 unspecified atom stereocenters. The van der Waals surface area contributed by atoms with Gasteiger partial charge in [-0.2, -0.15) is 5.10 Å². The fourth-order valence-corrected chi connectivity index (χ4v) is 2.50. The van der Waals surface area contributed by atoms with Crippen molar-refractivity contribution in [3.63, 3.8) is 0 Å². The summed E-state index contributed by atoms with van der Waals surface area (Å²) in [5.74, 6) is 1.88. The van der Waals surface area contributed by atoms with Crippen LogP contribution in [0.2, 0.25) is 0 Å². The van der Waals surface area contributed by atoms with Gasteiger partial charge in [-0.1, -0.05) is 0 Å². The van der Waals surface area contributed by atoms with Gasteiger partial charge in [0.25, 0.3) is 0 Å². The summed E-state index contributed by atoms with van der Waals surface area (Å²) in [6.07, 6.45) is 4.91. The Morgan fingerprint density at radius 1 is 1.70 bits per heavy atom. The van der Waals surface area contributed by atoms with Crippen LogP contribution < -0.4 is 10.6 Å². The van der Waals surface area contributed by atoms with Gasteiger partial charge in [0.15, 0.2) is 0 Å². The third-order valence-electron chi connectivity index (χ3n) is 3.69. The lowest BCUT2D eigenvalue weighted by Crippen LogP contribution is -2.48. The fraction of sp³-hybridized carbons (Fsp3) is 0.643. The van der Waals surface area contributed by atoms with E-state index in [2.05, 4.69) is 45.7 Å². The van der Waals surface area contributed by atoms with Crippen LogP contribution in [0.3, 0.4) is 0 Å². The van der Waals surface area contributed by atoms with E-state index in [1.807, 2.05) is 13.1 Å². The van der Waals surface area contributed by atoms with Crippen molar-refractivity contribution in [3.8, 4) is 0 Å². The van der Waals surface area contributed by atoms with Crippen molar-refractivity contribution in [1.29, 1.82) is 0 Å². The van der Waals surface area contributed by atoms with E-state index in [9.17, 15) is 0 Å². The van der Waals surface area contributed by atoms with E-state index in [1.54, 1.807) is 6.20 Å². The van der Waals surface area contributed by atoms with Crippen molar-refractivity contribution in [2.45, 2.75) is 32.4 Å². The first-order chi connectivity index (χ1) is 9.70. The van der Waals surface area contributed by atoms with Crippen LogP contribution in [-0.2, 0) is 4.74 Å². The second-order valence-corrected chi connectivity index (χ2v) is 5.21. The Morgan fingerprint density at radius 3 is 3.20 bits per heavy atom. The van der Waals surface area contributed by atoms with Gasteiger partial charge in [0.1, 0.15) is 5.82 Å². The molecule has 3 N–H and O–H groups in total. The molecule has 20 heavy (non-hydrogen) atoms. The molecular weight excluding hydrogens is 254 g/mol. The molecule has 6 nitrogen and oxygen atoms in total. The molecule has 0 saturated carbocycles. The van der Waals surface area contributed by atoms with Crippen LogP contribution in [0.5, 0.6) is 0 Å². The van der Waals surface area contributed by atoms with Crippen molar-refractivity contribution in [1.82, 2.24) is 20.4 Å². The van der Waals surface area contributed by atoms with Gasteiger partial charge in [0.2, 0.25) is 0 Å². The standard InChI is InChI=1S/C14H25N5O/c1-11(19-8-9-20-10-12(19)2)4-5-13(15-3)17-14-6-7-16-18-14/h5-7,11-12,15H,4,8-10H2,1-3H3,(H2,16,17,18)/b13-5+/t11?,12-/m1/s1. The van der Waals surface area contributed by atoms with Crippen molar-refractivity contribution in [2.75, 3.05) is 32.1 Å². The molecule has 1 aromatic heterocycles. The zero-order valence-corrected chi connectivity index (χ0v) is 12.5. The monoisotopic (exact) mass is 279 g/mol. The highest BCUT2D eigenvalue weighted by molar-refractivity contribution is 5.38. The molecule has 1 aliphatic rings. The molecule has 0 amide bonds. The van der Waals surface area contributed by atoms with Crippen molar-refractivity contribution >= 4 is 5.82 Å². The number of hydrogen-bond donors (Lipinski definition) is 3. The maximum absolute atomic E-state index is 5.49. The Morgan fingerprint density at radius 2 is 2.55 bits per heavy atom. The summed E-state index contributed by atoms with van der Waals surface area (Å²) >= 11 is 0. The molecule has 0 aromatic carbocycles. The van der Waals surface area contributed by atoms with Gasteiger partial charge in [0, 0.05) is 31.7 Å². The summed E-state index contributed by atoms with van der Waals surface area (Å²) in [5, 5.41) is 13.3. The second kappa shape index (κ2) is 7.31. The Bertz CT molecular complexity index is 417. The van der Waals surface area contributed by atoms with Crippen LogP contribution in [-0.4, -0.2) is 54.0 Å². The lowest BCUT2D eigenvalue weighted by molar-refractivity contribution is -0.0178. The molecule has 1 fully saturated rings. The summed E-state index contributed by atoms with van der Waals surface area (Å²) in [6, 6.07) is 2.89. The van der Waals surface area contributed by atoms with Gasteiger partial charge >= 0.3 is 0 Å². The molecule has 1 aliphatic heterocycles. The minimum Gasteiger partial charge on any atom is -0.379 e. The number of aromatic nitrogens is 2. The minimum atomic E-state index is 0.491. The molecule has 112 valence electrons. The van der Waals surface area contributed by atoms with Gasteiger partial charge in [0.05, 0.1) is 25.2 Å². The summed E-state index contributed by atoms with van der Waals surface area (Å²) in [5.41, 5.74) is 0. The Hall–Kier alpha value is -1.53. The first-order valence-corrected chi connectivity index (χ1v) is 7.18. The van der Waals surface area contributed by atoms with Crippen molar-refractivity contribution < 1.29 is 4.74 Å². The van der Waals surface area contributed by atoms with Gasteiger partial charge in [-0.3, -0.25) is 10.00 Å². The zero-order valence-electron chi connectivity index (χ0n) is 12.5. The highest BCUT2D eigenvalue weighted by Gasteiger charge is 2.22. The number of rotatable bonds is 6. The van der Waals surface area contributed by atoms with Crippen LogP contribution in [0.4, 0.5) is 5.82 Å². The third kappa shape index (κ3) is 3.98. The molecule has 2 heterocycles. The number of morpholine rings is 1. The molecule has 0 bridgehead atoms. The molecule has 1 aromatic rings. The fourth-order valence-electron chi connectivity index (χ4n) is 2.50. The molecule has 0 spiro atoms. The Labute approximate surface area is 120 Å². The molecule has 0 aliphatic carbocycles. The first-order valence-electron chi connectivity index (χ1n) is 7.18. The first kappa shape index (κ1) is 14.9. The summed E-state index contributed by atoms with van der Waals surface area (Å²) in [7, 11) is 1.91. The van der Waals surface area contributed by atoms with E-state index in [0.29, 0.717) is 12.1 Å². The molecular formula is C14H25N5O. The van der Waals surface area contributed by atoms with Gasteiger partial charge in [-0.05, 0) is 26.3 Å². The molecule has 2 atom stereocenters. The van der Waals surface area contributed by atoms with E-state index < -0.39 is 0 Å². The smallest absolute Gasteiger partial charge is 0.126 e. The number of nitrogens with one attached hydrogen (secondary N) is 3. The highest BCUT2D eigenvalue weighted by atomic mass is 16.5. The maximum Gasteiger partial charge on any atom is 0.126 e. The topological polar surface area (TPSA) is 65.2 Å². The zero-order chi connectivity index (χ0) is 14.4. The number of aromatic amines is 1. The minimum absolute atomic E-state index is 0.491. The SMILES string of the molecule is CN/C(=C\CC(C)N1CCOC[C@H]1C)Nc1ccn[nH]1. The van der Waals surface area contributed by atoms with Crippen LogP contribution in [0, 0.1) is 0 Å².